The van der Waals surface area contributed by atoms with E-state index in [1.165, 1.54) is 17.7 Å². The first-order chi connectivity index (χ1) is 8.25. The number of aliphatic hydroxyl groups excluding tert-OH is 1. The van der Waals surface area contributed by atoms with Gasteiger partial charge in [0.1, 0.15) is 0 Å². The van der Waals surface area contributed by atoms with E-state index in [-0.39, 0.29) is 30.9 Å². The number of imidazole rings is 1. The van der Waals surface area contributed by atoms with Crippen LogP contribution in [0.1, 0.15) is 44.0 Å². The highest BCUT2D eigenvalue weighted by atomic mass is 16.5. The van der Waals surface area contributed by atoms with Crippen LogP contribution in [0, 0.1) is 5.41 Å². The summed E-state index contributed by atoms with van der Waals surface area (Å²) in [7, 11) is 0. The van der Waals surface area contributed by atoms with Crippen molar-refractivity contribution in [3.63, 3.8) is 0 Å². The van der Waals surface area contributed by atoms with E-state index >= 15 is 0 Å². The van der Waals surface area contributed by atoms with Crippen molar-refractivity contribution < 1.29 is 19.4 Å². The van der Waals surface area contributed by atoms with Gasteiger partial charge < -0.3 is 9.84 Å². The van der Waals surface area contributed by atoms with Gasteiger partial charge in [0.05, 0.1) is 17.7 Å². The molecule has 0 spiro atoms. The lowest BCUT2D eigenvalue weighted by atomic mass is 9.98. The van der Waals surface area contributed by atoms with E-state index < -0.39 is 5.41 Å². The summed E-state index contributed by atoms with van der Waals surface area (Å²) in [4.78, 5) is 26.9. The Morgan fingerprint density at radius 3 is 2.50 bits per heavy atom. The molecule has 1 aromatic rings. The molecule has 1 heterocycles. The molecule has 1 N–H and O–H groups in total. The zero-order valence-electron chi connectivity index (χ0n) is 11.1. The molecule has 0 fully saturated rings. The highest BCUT2D eigenvalue weighted by molar-refractivity contribution is 5.90. The van der Waals surface area contributed by atoms with Crippen LogP contribution in [0.2, 0.25) is 0 Å². The Morgan fingerprint density at radius 2 is 2.06 bits per heavy atom. The molecule has 0 amide bonds. The molecule has 1 rings (SSSR count). The smallest absolute Gasteiger partial charge is 0.312 e. The standard InChI is InChI=1S/C12H18N2O4/c1-8(16)10-13-9(6-15)5-14(10)7-18-11(17)12(2,3)4/h5,15H,6-7H2,1-4H3. The second-order valence-electron chi connectivity index (χ2n) is 5.05. The summed E-state index contributed by atoms with van der Waals surface area (Å²) in [5.41, 5.74) is -0.233. The first-order valence-corrected chi connectivity index (χ1v) is 5.60. The number of carbonyl (C=O) groups excluding carboxylic acids is 2. The highest BCUT2D eigenvalue weighted by Crippen LogP contribution is 2.16. The van der Waals surface area contributed by atoms with Gasteiger partial charge in [-0.15, -0.1) is 0 Å². The Balaban J connectivity index is 2.81. The van der Waals surface area contributed by atoms with E-state index in [2.05, 4.69) is 4.98 Å². The van der Waals surface area contributed by atoms with Crippen molar-refractivity contribution in [2.45, 2.75) is 41.0 Å². The minimum atomic E-state index is -0.600. The van der Waals surface area contributed by atoms with Crippen LogP contribution in [0.5, 0.6) is 0 Å². The number of ketones is 1. The number of esters is 1. The first kappa shape index (κ1) is 14.4. The van der Waals surface area contributed by atoms with Gasteiger partial charge in [-0.1, -0.05) is 0 Å². The van der Waals surface area contributed by atoms with E-state index in [1.807, 2.05) is 0 Å². The summed E-state index contributed by atoms with van der Waals surface area (Å²) in [6.07, 6.45) is 1.49. The summed E-state index contributed by atoms with van der Waals surface area (Å²) >= 11 is 0. The third-order valence-corrected chi connectivity index (χ3v) is 2.25. The molecular weight excluding hydrogens is 236 g/mol. The van der Waals surface area contributed by atoms with Gasteiger partial charge in [0.25, 0.3) is 0 Å². The van der Waals surface area contributed by atoms with Gasteiger partial charge in [0, 0.05) is 13.1 Å². The van der Waals surface area contributed by atoms with Gasteiger partial charge in [0.15, 0.2) is 18.3 Å². The highest BCUT2D eigenvalue weighted by Gasteiger charge is 2.23. The van der Waals surface area contributed by atoms with Crippen molar-refractivity contribution in [2.75, 3.05) is 0 Å². The maximum atomic E-state index is 11.6. The van der Waals surface area contributed by atoms with Crippen LogP contribution in [0.25, 0.3) is 0 Å². The van der Waals surface area contributed by atoms with E-state index in [1.54, 1.807) is 20.8 Å². The average molecular weight is 254 g/mol. The molecule has 100 valence electrons. The number of carbonyl (C=O) groups is 2. The first-order valence-electron chi connectivity index (χ1n) is 5.60. The third-order valence-electron chi connectivity index (χ3n) is 2.25. The molecule has 0 unspecified atom stereocenters. The number of ether oxygens (including phenoxy) is 1. The number of hydrogen-bond donors (Lipinski definition) is 1. The molecule has 18 heavy (non-hydrogen) atoms. The minimum absolute atomic E-state index is 0.0853. The summed E-state index contributed by atoms with van der Waals surface area (Å²) in [6, 6.07) is 0. The summed E-state index contributed by atoms with van der Waals surface area (Å²) in [5, 5.41) is 8.97. The predicted molar refractivity (Wildman–Crippen MR) is 63.7 cm³/mol. The Kier molecular flexibility index (Phi) is 4.24. The van der Waals surface area contributed by atoms with Crippen molar-refractivity contribution in [1.29, 1.82) is 0 Å². The monoisotopic (exact) mass is 254 g/mol. The quantitative estimate of drug-likeness (QED) is 0.643. The molecule has 0 aromatic carbocycles. The Hall–Kier alpha value is -1.69. The zero-order valence-corrected chi connectivity index (χ0v) is 11.1. The molecule has 0 atom stereocenters. The summed E-state index contributed by atoms with van der Waals surface area (Å²) in [5.74, 6) is -0.446. The Labute approximate surface area is 106 Å². The fourth-order valence-electron chi connectivity index (χ4n) is 1.27. The molecule has 1 aromatic heterocycles. The number of aromatic nitrogens is 2. The molecule has 0 bridgehead atoms. The van der Waals surface area contributed by atoms with Crippen LogP contribution in [0.4, 0.5) is 0 Å². The normalized spacial score (nSPS) is 11.4. The second-order valence-corrected chi connectivity index (χ2v) is 5.05. The van der Waals surface area contributed by atoms with Gasteiger partial charge in [-0.3, -0.25) is 14.2 Å². The molecule has 0 saturated carbocycles. The largest absolute Gasteiger partial charge is 0.443 e. The lowest BCUT2D eigenvalue weighted by Gasteiger charge is -2.17. The van der Waals surface area contributed by atoms with Gasteiger partial charge in [0.2, 0.25) is 0 Å². The van der Waals surface area contributed by atoms with Crippen LogP contribution in [-0.4, -0.2) is 26.4 Å². The Morgan fingerprint density at radius 1 is 1.44 bits per heavy atom. The maximum absolute atomic E-state index is 11.6. The lowest BCUT2D eigenvalue weighted by molar-refractivity contribution is -0.157. The summed E-state index contributed by atoms with van der Waals surface area (Å²) < 4.78 is 6.51. The SMILES string of the molecule is CC(=O)c1nc(CO)cn1COC(=O)C(C)(C)C. The van der Waals surface area contributed by atoms with Crippen molar-refractivity contribution >= 4 is 11.8 Å². The molecule has 6 heteroatoms. The van der Waals surface area contributed by atoms with Crippen LogP contribution >= 0.6 is 0 Å². The third kappa shape index (κ3) is 3.40. The molecule has 0 aliphatic heterocycles. The second kappa shape index (κ2) is 5.30. The van der Waals surface area contributed by atoms with E-state index in [0.29, 0.717) is 5.69 Å². The molecule has 0 saturated heterocycles. The van der Waals surface area contributed by atoms with Gasteiger partial charge >= 0.3 is 5.97 Å². The van der Waals surface area contributed by atoms with Crippen LogP contribution in [0.15, 0.2) is 6.20 Å². The van der Waals surface area contributed by atoms with Crippen LogP contribution in [0.3, 0.4) is 0 Å². The Bertz CT molecular complexity index is 457. The average Bonchev–Trinajstić information content (AvgIpc) is 2.67. The molecule has 0 aliphatic rings. The number of Topliss-reactive ketones (excluding diaryl/α,β-unsaturated/α-hetero) is 1. The zero-order chi connectivity index (χ0) is 13.9. The lowest BCUT2D eigenvalue weighted by Crippen LogP contribution is -2.24. The van der Waals surface area contributed by atoms with Crippen LogP contribution in [-0.2, 0) is 22.9 Å². The fraction of sp³-hybridized carbons (Fsp3) is 0.583. The van der Waals surface area contributed by atoms with Crippen molar-refractivity contribution in [3.8, 4) is 0 Å². The van der Waals surface area contributed by atoms with Crippen molar-refractivity contribution in [3.05, 3.63) is 17.7 Å². The van der Waals surface area contributed by atoms with E-state index in [4.69, 9.17) is 9.84 Å². The summed E-state index contributed by atoms with van der Waals surface area (Å²) in [6.45, 7) is 6.25. The van der Waals surface area contributed by atoms with Crippen molar-refractivity contribution in [1.82, 2.24) is 9.55 Å². The van der Waals surface area contributed by atoms with Gasteiger partial charge in [-0.05, 0) is 20.8 Å². The molecule has 0 aliphatic carbocycles. The number of rotatable bonds is 4. The van der Waals surface area contributed by atoms with E-state index in [0.717, 1.165) is 0 Å². The van der Waals surface area contributed by atoms with E-state index in [9.17, 15) is 9.59 Å². The molecule has 6 nitrogen and oxygen atoms in total. The maximum Gasteiger partial charge on any atom is 0.312 e. The van der Waals surface area contributed by atoms with Gasteiger partial charge in [-0.2, -0.15) is 0 Å². The van der Waals surface area contributed by atoms with Crippen LogP contribution < -0.4 is 0 Å². The molecular formula is C12H18N2O4. The minimum Gasteiger partial charge on any atom is -0.443 e. The number of nitrogens with zero attached hydrogens (tertiary/aromatic N) is 2. The molecule has 0 radical (unpaired) electrons. The fourth-order valence-corrected chi connectivity index (χ4v) is 1.27. The topological polar surface area (TPSA) is 81.4 Å². The number of aliphatic hydroxyl groups is 1. The van der Waals surface area contributed by atoms with Gasteiger partial charge in [-0.25, -0.2) is 4.98 Å². The predicted octanol–water partition coefficient (Wildman–Crippen LogP) is 1.12. The number of hydrogen-bond acceptors (Lipinski definition) is 5. The van der Waals surface area contributed by atoms with Crippen molar-refractivity contribution in [2.24, 2.45) is 5.41 Å².